The second-order valence-corrected chi connectivity index (χ2v) is 5.18. The van der Waals surface area contributed by atoms with E-state index in [-0.39, 0.29) is 11.8 Å². The zero-order valence-electron chi connectivity index (χ0n) is 12.0. The molecule has 112 valence electrons. The summed E-state index contributed by atoms with van der Waals surface area (Å²) in [5.74, 6) is 1.02. The summed E-state index contributed by atoms with van der Waals surface area (Å²) in [6.45, 7) is 5.98. The number of rotatable bonds is 3. The Hall–Kier alpha value is -2.04. The van der Waals surface area contributed by atoms with Crippen molar-refractivity contribution in [2.24, 2.45) is 0 Å². The van der Waals surface area contributed by atoms with Crippen molar-refractivity contribution in [2.45, 2.75) is 32.9 Å². The van der Waals surface area contributed by atoms with Crippen LogP contribution in [0.2, 0.25) is 0 Å². The van der Waals surface area contributed by atoms with Gasteiger partial charge in [0.25, 0.3) is 0 Å². The third-order valence-corrected chi connectivity index (χ3v) is 3.07. The second-order valence-electron chi connectivity index (χ2n) is 5.18. The van der Waals surface area contributed by atoms with E-state index in [0.717, 1.165) is 23.4 Å². The van der Waals surface area contributed by atoms with Crippen molar-refractivity contribution in [3.63, 3.8) is 0 Å². The molecule has 0 fully saturated rings. The quantitative estimate of drug-likeness (QED) is 0.764. The van der Waals surface area contributed by atoms with Crippen LogP contribution in [0.25, 0.3) is 0 Å². The highest BCUT2D eigenvalue weighted by atomic mass is 19.4. The SMILES string of the molecule is Cc1ccc(C(C)C)c(Oc2ccc(C(F)(F)F)cn2)c1. The van der Waals surface area contributed by atoms with Crippen LogP contribution in [0.1, 0.15) is 36.5 Å². The van der Waals surface area contributed by atoms with Crippen molar-refractivity contribution in [1.29, 1.82) is 0 Å². The number of ether oxygens (including phenoxy) is 1. The number of hydrogen-bond acceptors (Lipinski definition) is 2. The Labute approximate surface area is 121 Å². The summed E-state index contributed by atoms with van der Waals surface area (Å²) in [6, 6.07) is 7.99. The molecule has 0 unspecified atom stereocenters. The van der Waals surface area contributed by atoms with E-state index in [2.05, 4.69) is 4.98 Å². The normalized spacial score (nSPS) is 11.8. The first kappa shape index (κ1) is 15.4. The predicted octanol–water partition coefficient (Wildman–Crippen LogP) is 5.32. The Balaban J connectivity index is 2.28. The average Bonchev–Trinajstić information content (AvgIpc) is 2.38. The molecule has 0 radical (unpaired) electrons. The molecule has 1 aromatic heterocycles. The van der Waals surface area contributed by atoms with Gasteiger partial charge in [0.2, 0.25) is 5.88 Å². The van der Waals surface area contributed by atoms with Gasteiger partial charge in [-0.3, -0.25) is 0 Å². The zero-order chi connectivity index (χ0) is 15.6. The number of aryl methyl sites for hydroxylation is 1. The van der Waals surface area contributed by atoms with Crippen molar-refractivity contribution in [3.05, 3.63) is 53.2 Å². The highest BCUT2D eigenvalue weighted by Crippen LogP contribution is 2.32. The van der Waals surface area contributed by atoms with Crippen LogP contribution in [-0.2, 0) is 6.18 Å². The lowest BCUT2D eigenvalue weighted by Gasteiger charge is -2.14. The van der Waals surface area contributed by atoms with Crippen LogP contribution >= 0.6 is 0 Å². The van der Waals surface area contributed by atoms with E-state index in [4.69, 9.17) is 4.74 Å². The molecule has 5 heteroatoms. The third-order valence-electron chi connectivity index (χ3n) is 3.07. The van der Waals surface area contributed by atoms with Crippen molar-refractivity contribution >= 4 is 0 Å². The average molecular weight is 295 g/mol. The molecule has 0 amide bonds. The maximum atomic E-state index is 12.5. The summed E-state index contributed by atoms with van der Waals surface area (Å²) in [4.78, 5) is 3.73. The Morgan fingerprint density at radius 3 is 2.33 bits per heavy atom. The molecule has 0 aliphatic heterocycles. The van der Waals surface area contributed by atoms with E-state index < -0.39 is 11.7 Å². The Morgan fingerprint density at radius 1 is 1.10 bits per heavy atom. The van der Waals surface area contributed by atoms with Gasteiger partial charge in [-0.15, -0.1) is 0 Å². The maximum Gasteiger partial charge on any atom is 0.417 e. The Bertz CT molecular complexity index is 618. The summed E-state index contributed by atoms with van der Waals surface area (Å²) in [5, 5.41) is 0. The molecule has 0 atom stereocenters. The van der Waals surface area contributed by atoms with Crippen LogP contribution < -0.4 is 4.74 Å². The lowest BCUT2D eigenvalue weighted by atomic mass is 10.0. The van der Waals surface area contributed by atoms with Crippen molar-refractivity contribution in [1.82, 2.24) is 4.98 Å². The minimum atomic E-state index is -4.39. The summed E-state index contributed by atoms with van der Waals surface area (Å²) < 4.78 is 43.1. The molecule has 0 saturated carbocycles. The van der Waals surface area contributed by atoms with E-state index in [9.17, 15) is 13.2 Å². The highest BCUT2D eigenvalue weighted by Gasteiger charge is 2.30. The topological polar surface area (TPSA) is 22.1 Å². The summed E-state index contributed by atoms with van der Waals surface area (Å²) in [5.41, 5.74) is 1.21. The molecule has 0 aliphatic carbocycles. The fourth-order valence-electron chi connectivity index (χ4n) is 1.93. The van der Waals surface area contributed by atoms with Crippen LogP contribution in [0.3, 0.4) is 0 Å². The lowest BCUT2D eigenvalue weighted by molar-refractivity contribution is -0.137. The molecule has 0 N–H and O–H groups in total. The van der Waals surface area contributed by atoms with Gasteiger partial charge in [-0.05, 0) is 36.1 Å². The predicted molar refractivity (Wildman–Crippen MR) is 74.6 cm³/mol. The summed E-state index contributed by atoms with van der Waals surface area (Å²) in [6.07, 6.45) is -3.61. The van der Waals surface area contributed by atoms with Gasteiger partial charge in [0.1, 0.15) is 5.75 Å². The number of nitrogens with zero attached hydrogens (tertiary/aromatic N) is 1. The first-order valence-corrected chi connectivity index (χ1v) is 6.59. The van der Waals surface area contributed by atoms with Gasteiger partial charge in [0.15, 0.2) is 0 Å². The summed E-state index contributed by atoms with van der Waals surface area (Å²) in [7, 11) is 0. The zero-order valence-corrected chi connectivity index (χ0v) is 12.0. The minimum absolute atomic E-state index is 0.149. The van der Waals surface area contributed by atoms with Gasteiger partial charge in [-0.1, -0.05) is 26.0 Å². The molecule has 0 spiro atoms. The molecule has 1 aromatic carbocycles. The minimum Gasteiger partial charge on any atom is -0.439 e. The molecule has 0 saturated heterocycles. The first-order valence-electron chi connectivity index (χ1n) is 6.59. The second kappa shape index (κ2) is 5.76. The van der Waals surface area contributed by atoms with Gasteiger partial charge in [0.05, 0.1) is 5.56 Å². The van der Waals surface area contributed by atoms with E-state index in [1.54, 1.807) is 0 Å². The monoisotopic (exact) mass is 295 g/mol. The lowest BCUT2D eigenvalue weighted by Crippen LogP contribution is -2.05. The summed E-state index contributed by atoms with van der Waals surface area (Å²) >= 11 is 0. The molecule has 0 aliphatic rings. The van der Waals surface area contributed by atoms with Crippen LogP contribution in [0.4, 0.5) is 13.2 Å². The number of alkyl halides is 3. The maximum absolute atomic E-state index is 12.5. The van der Waals surface area contributed by atoms with Crippen LogP contribution in [-0.4, -0.2) is 4.98 Å². The van der Waals surface area contributed by atoms with Gasteiger partial charge in [-0.25, -0.2) is 4.98 Å². The molecule has 0 bridgehead atoms. The van der Waals surface area contributed by atoms with E-state index in [1.165, 1.54) is 6.07 Å². The van der Waals surface area contributed by atoms with Gasteiger partial charge >= 0.3 is 6.18 Å². The van der Waals surface area contributed by atoms with Gasteiger partial charge in [-0.2, -0.15) is 13.2 Å². The number of aromatic nitrogens is 1. The molecule has 21 heavy (non-hydrogen) atoms. The van der Waals surface area contributed by atoms with Crippen LogP contribution in [0, 0.1) is 6.92 Å². The van der Waals surface area contributed by atoms with E-state index in [0.29, 0.717) is 5.75 Å². The largest absolute Gasteiger partial charge is 0.439 e. The highest BCUT2D eigenvalue weighted by molar-refractivity contribution is 5.41. The Morgan fingerprint density at radius 2 is 1.81 bits per heavy atom. The van der Waals surface area contributed by atoms with Crippen LogP contribution in [0.5, 0.6) is 11.6 Å². The number of pyridine rings is 1. The third kappa shape index (κ3) is 3.74. The smallest absolute Gasteiger partial charge is 0.417 e. The molecule has 2 rings (SSSR count). The molecule has 1 heterocycles. The van der Waals surface area contributed by atoms with Crippen LogP contribution in [0.15, 0.2) is 36.5 Å². The van der Waals surface area contributed by atoms with Gasteiger partial charge < -0.3 is 4.74 Å². The van der Waals surface area contributed by atoms with Crippen molar-refractivity contribution < 1.29 is 17.9 Å². The standard InChI is InChI=1S/C16H16F3NO/c1-10(2)13-6-4-11(3)8-14(13)21-15-7-5-12(9-20-15)16(17,18)19/h4-10H,1-3H3. The van der Waals surface area contributed by atoms with Crippen molar-refractivity contribution in [3.8, 4) is 11.6 Å². The number of halogens is 3. The molecular weight excluding hydrogens is 279 g/mol. The van der Waals surface area contributed by atoms with E-state index >= 15 is 0 Å². The number of hydrogen-bond donors (Lipinski definition) is 0. The number of benzene rings is 1. The first-order chi connectivity index (χ1) is 9.77. The molecular formula is C16H16F3NO. The Kier molecular flexibility index (Phi) is 4.21. The fraction of sp³-hybridized carbons (Fsp3) is 0.312. The van der Waals surface area contributed by atoms with Gasteiger partial charge in [0, 0.05) is 12.3 Å². The van der Waals surface area contributed by atoms with E-state index in [1.807, 2.05) is 39.0 Å². The molecule has 2 nitrogen and oxygen atoms in total. The van der Waals surface area contributed by atoms with Crippen molar-refractivity contribution in [2.75, 3.05) is 0 Å². The molecule has 2 aromatic rings. The fourth-order valence-corrected chi connectivity index (χ4v) is 1.93.